The van der Waals surface area contributed by atoms with Gasteiger partial charge in [-0.25, -0.2) is 24.8 Å². The van der Waals surface area contributed by atoms with Gasteiger partial charge in [-0.3, -0.25) is 4.68 Å². The summed E-state index contributed by atoms with van der Waals surface area (Å²) in [6.45, 7) is 5.27. The molecule has 0 spiro atoms. The predicted octanol–water partition coefficient (Wildman–Crippen LogP) is 3.48. The molecular formula is C21H31N5O3S. The molecule has 3 aromatic rings. The lowest BCUT2D eigenvalue weighted by molar-refractivity contribution is -0.147. The average Bonchev–Trinajstić information content (AvgIpc) is 3.33. The fourth-order valence-electron chi connectivity index (χ4n) is 3.14. The molecule has 0 aliphatic carbocycles. The lowest BCUT2D eigenvalue weighted by Crippen LogP contribution is -2.21. The molecule has 0 fully saturated rings. The second kappa shape index (κ2) is 9.61. The zero-order valence-electron chi connectivity index (χ0n) is 18.4. The van der Waals surface area contributed by atoms with Crippen LogP contribution in [0.2, 0.25) is 0 Å². The molecule has 0 saturated heterocycles. The van der Waals surface area contributed by atoms with Crippen LogP contribution < -0.4 is 0 Å². The summed E-state index contributed by atoms with van der Waals surface area (Å²) in [5.41, 5.74) is 2.43. The third-order valence-corrected chi connectivity index (χ3v) is 6.16. The van der Waals surface area contributed by atoms with Crippen LogP contribution in [0.5, 0.6) is 0 Å². The molecule has 164 valence electrons. The van der Waals surface area contributed by atoms with Crippen molar-refractivity contribution in [2.75, 3.05) is 37.7 Å². The number of carbonyl (C=O) groups is 1. The Morgan fingerprint density at radius 1 is 1.23 bits per heavy atom. The topological polar surface area (TPSA) is 84.1 Å². The molecule has 0 bridgehead atoms. The molecule has 0 aliphatic heterocycles. The normalized spacial score (nSPS) is 13.5. The molecule has 9 heteroatoms. The summed E-state index contributed by atoms with van der Waals surface area (Å²) in [4.78, 5) is 21.1. The Bertz CT molecular complexity index is 992. The average molecular weight is 434 g/mol. The summed E-state index contributed by atoms with van der Waals surface area (Å²) in [7, 11) is -0.569. The Labute approximate surface area is 178 Å². The molecule has 0 N–H and O–H groups in total. The number of fused-ring (bicyclic) bond motifs is 1. The van der Waals surface area contributed by atoms with Gasteiger partial charge in [0.2, 0.25) is 0 Å². The standard InChI is InChI=1S/C21H31N5O3S/c1-6-18(21(27)29-7-2)26-13-16(12-24-26)19-17-8-9-25(20(17)23-14-22-19)15-28-10-11-30(3,4)5/h8-9,12-14,18H,6-7,10-11,15H2,1-5H3. The summed E-state index contributed by atoms with van der Waals surface area (Å²) >= 11 is 0. The van der Waals surface area contributed by atoms with Crippen LogP contribution in [0.3, 0.4) is 0 Å². The molecule has 1 unspecified atom stereocenters. The van der Waals surface area contributed by atoms with Crippen LogP contribution in [0, 0.1) is 0 Å². The van der Waals surface area contributed by atoms with Gasteiger partial charge in [-0.05, 0) is 38.2 Å². The van der Waals surface area contributed by atoms with Crippen LogP contribution in [-0.2, 0) is 21.0 Å². The summed E-state index contributed by atoms with van der Waals surface area (Å²) < 4.78 is 14.7. The highest BCUT2D eigenvalue weighted by atomic mass is 32.3. The summed E-state index contributed by atoms with van der Waals surface area (Å²) in [5.74, 6) is 0.799. The van der Waals surface area contributed by atoms with Crippen molar-refractivity contribution in [2.24, 2.45) is 0 Å². The van der Waals surface area contributed by atoms with E-state index in [-0.39, 0.29) is 5.97 Å². The van der Waals surface area contributed by atoms with Crippen molar-refractivity contribution < 1.29 is 14.3 Å². The quantitative estimate of drug-likeness (QED) is 0.360. The Hall–Kier alpha value is -2.39. The molecule has 8 nitrogen and oxygen atoms in total. The van der Waals surface area contributed by atoms with Gasteiger partial charge in [0, 0.05) is 29.1 Å². The van der Waals surface area contributed by atoms with Gasteiger partial charge < -0.3 is 14.0 Å². The lowest BCUT2D eigenvalue weighted by atomic mass is 10.2. The first-order valence-corrected chi connectivity index (χ1v) is 13.1. The number of nitrogens with zero attached hydrogens (tertiary/aromatic N) is 5. The number of esters is 1. The van der Waals surface area contributed by atoms with Crippen molar-refractivity contribution in [2.45, 2.75) is 33.0 Å². The fraction of sp³-hybridized carbons (Fsp3) is 0.524. The van der Waals surface area contributed by atoms with Gasteiger partial charge in [-0.1, -0.05) is 6.92 Å². The van der Waals surface area contributed by atoms with Crippen LogP contribution in [0.15, 0.2) is 31.0 Å². The van der Waals surface area contributed by atoms with Gasteiger partial charge >= 0.3 is 5.97 Å². The lowest BCUT2D eigenvalue weighted by Gasteiger charge is -2.24. The van der Waals surface area contributed by atoms with Crippen LogP contribution in [0.25, 0.3) is 22.3 Å². The highest BCUT2D eigenvalue weighted by molar-refractivity contribution is 8.32. The van der Waals surface area contributed by atoms with E-state index in [2.05, 4.69) is 33.8 Å². The van der Waals surface area contributed by atoms with E-state index in [0.29, 0.717) is 19.8 Å². The van der Waals surface area contributed by atoms with Gasteiger partial charge in [0.15, 0.2) is 0 Å². The molecule has 0 aliphatic rings. The predicted molar refractivity (Wildman–Crippen MR) is 121 cm³/mol. The van der Waals surface area contributed by atoms with Crippen LogP contribution in [0.4, 0.5) is 0 Å². The second-order valence-electron chi connectivity index (χ2n) is 7.96. The summed E-state index contributed by atoms with van der Waals surface area (Å²) in [6, 6.07) is 1.54. The van der Waals surface area contributed by atoms with Crippen molar-refractivity contribution in [3.63, 3.8) is 0 Å². The minimum atomic E-state index is -0.569. The molecular weight excluding hydrogens is 402 g/mol. The van der Waals surface area contributed by atoms with E-state index in [1.165, 1.54) is 0 Å². The largest absolute Gasteiger partial charge is 0.464 e. The maximum absolute atomic E-state index is 12.2. The third kappa shape index (κ3) is 5.20. The number of hydrogen-bond acceptors (Lipinski definition) is 6. The van der Waals surface area contributed by atoms with Gasteiger partial charge in [-0.2, -0.15) is 5.10 Å². The van der Waals surface area contributed by atoms with Crippen molar-refractivity contribution in [1.29, 1.82) is 0 Å². The minimum Gasteiger partial charge on any atom is -0.464 e. The maximum atomic E-state index is 12.2. The number of ether oxygens (including phenoxy) is 2. The van der Waals surface area contributed by atoms with E-state index < -0.39 is 16.1 Å². The van der Waals surface area contributed by atoms with E-state index in [1.807, 2.05) is 30.0 Å². The monoisotopic (exact) mass is 433 g/mol. The fourth-order valence-corrected chi connectivity index (χ4v) is 3.76. The van der Waals surface area contributed by atoms with Gasteiger partial charge in [0.05, 0.1) is 25.1 Å². The van der Waals surface area contributed by atoms with Crippen molar-refractivity contribution in [3.8, 4) is 11.3 Å². The Morgan fingerprint density at radius 3 is 2.73 bits per heavy atom. The zero-order valence-corrected chi connectivity index (χ0v) is 19.2. The van der Waals surface area contributed by atoms with Crippen LogP contribution in [-0.4, -0.2) is 68.0 Å². The molecule has 0 radical (unpaired) electrons. The first-order chi connectivity index (χ1) is 14.3. The van der Waals surface area contributed by atoms with Crippen LogP contribution in [0.1, 0.15) is 26.3 Å². The van der Waals surface area contributed by atoms with E-state index in [4.69, 9.17) is 9.47 Å². The van der Waals surface area contributed by atoms with Crippen molar-refractivity contribution >= 4 is 27.0 Å². The molecule has 3 rings (SSSR count). The van der Waals surface area contributed by atoms with Gasteiger partial charge in [0.25, 0.3) is 0 Å². The SMILES string of the molecule is CCOC(=O)C(CC)n1cc(-c2ncnc3c2ccn3COCCS(C)(C)C)cn1. The Balaban J connectivity index is 1.80. The van der Waals surface area contributed by atoms with E-state index in [0.717, 1.165) is 34.7 Å². The summed E-state index contributed by atoms with van der Waals surface area (Å²) in [5, 5.41) is 5.31. The van der Waals surface area contributed by atoms with Crippen molar-refractivity contribution in [3.05, 3.63) is 31.0 Å². The molecule has 30 heavy (non-hydrogen) atoms. The van der Waals surface area contributed by atoms with Gasteiger partial charge in [0.1, 0.15) is 24.7 Å². The number of hydrogen-bond donors (Lipinski definition) is 0. The van der Waals surface area contributed by atoms with Crippen molar-refractivity contribution in [1.82, 2.24) is 24.3 Å². The molecule has 3 heterocycles. The molecule has 3 aromatic heterocycles. The Morgan fingerprint density at radius 2 is 2.03 bits per heavy atom. The number of carbonyl (C=O) groups excluding carboxylic acids is 1. The molecule has 1 atom stereocenters. The highest BCUT2D eigenvalue weighted by Crippen LogP contribution is 2.33. The number of rotatable bonds is 10. The maximum Gasteiger partial charge on any atom is 0.330 e. The first kappa shape index (κ1) is 22.3. The number of aromatic nitrogens is 5. The molecule has 0 saturated carbocycles. The third-order valence-electron chi connectivity index (χ3n) is 4.77. The smallest absolute Gasteiger partial charge is 0.330 e. The molecule has 0 aromatic carbocycles. The molecule has 0 amide bonds. The Kier molecular flexibility index (Phi) is 7.14. The first-order valence-electron chi connectivity index (χ1n) is 10.1. The minimum absolute atomic E-state index is 0.275. The van der Waals surface area contributed by atoms with Gasteiger partial charge in [-0.15, -0.1) is 0 Å². The summed E-state index contributed by atoms with van der Waals surface area (Å²) in [6.07, 6.45) is 14.5. The second-order valence-corrected chi connectivity index (χ2v) is 12.6. The van der Waals surface area contributed by atoms with E-state index in [9.17, 15) is 4.79 Å². The van der Waals surface area contributed by atoms with Crippen LogP contribution >= 0.6 is 10.0 Å². The van der Waals surface area contributed by atoms with E-state index >= 15 is 0 Å². The van der Waals surface area contributed by atoms with E-state index in [1.54, 1.807) is 24.1 Å². The zero-order chi connectivity index (χ0) is 21.7. The highest BCUT2D eigenvalue weighted by Gasteiger charge is 2.21.